The number of nitrogens with two attached hydrogens (primary N) is 1. The molecule has 0 spiro atoms. The van der Waals surface area contributed by atoms with Crippen LogP contribution in [0.5, 0.6) is 0 Å². The molecule has 0 aliphatic carbocycles. The Labute approximate surface area is 85.3 Å². The molecule has 0 radical (unpaired) electrons. The SMILES string of the molecule is C[C@H]1OC[C@@H](n2ccc(N)nc2=O)S1. The number of rotatable bonds is 1. The molecule has 1 aromatic rings. The Balaban J connectivity index is 2.29. The van der Waals surface area contributed by atoms with Crippen LogP contribution in [0.2, 0.25) is 0 Å². The molecule has 1 fully saturated rings. The Kier molecular flexibility index (Phi) is 2.47. The summed E-state index contributed by atoms with van der Waals surface area (Å²) in [6.07, 6.45) is 1.66. The lowest BCUT2D eigenvalue weighted by atomic mass is 10.5. The predicted octanol–water partition coefficient (Wildman–Crippen LogP) is 0.434. The van der Waals surface area contributed by atoms with Crippen molar-refractivity contribution in [2.24, 2.45) is 0 Å². The van der Waals surface area contributed by atoms with Gasteiger partial charge >= 0.3 is 5.69 Å². The number of aromatic nitrogens is 2. The Morgan fingerprint density at radius 3 is 3.14 bits per heavy atom. The third-order valence-corrected chi connectivity index (χ3v) is 3.18. The van der Waals surface area contributed by atoms with Gasteiger partial charge in [-0.1, -0.05) is 0 Å². The van der Waals surface area contributed by atoms with Crippen LogP contribution in [0.4, 0.5) is 5.82 Å². The van der Waals surface area contributed by atoms with Crippen LogP contribution in [0.15, 0.2) is 17.1 Å². The first-order chi connectivity index (χ1) is 6.66. The number of thioether (sulfide) groups is 1. The number of nitrogen functional groups attached to an aromatic ring is 1. The van der Waals surface area contributed by atoms with E-state index in [-0.39, 0.29) is 22.3 Å². The lowest BCUT2D eigenvalue weighted by Gasteiger charge is -2.09. The molecule has 2 N–H and O–H groups in total. The van der Waals surface area contributed by atoms with Gasteiger partial charge in [-0.2, -0.15) is 4.98 Å². The molecule has 2 rings (SSSR count). The van der Waals surface area contributed by atoms with E-state index < -0.39 is 0 Å². The van der Waals surface area contributed by atoms with Crippen molar-refractivity contribution in [3.8, 4) is 0 Å². The third kappa shape index (κ3) is 1.76. The summed E-state index contributed by atoms with van der Waals surface area (Å²) >= 11 is 1.60. The third-order valence-electron chi connectivity index (χ3n) is 1.98. The summed E-state index contributed by atoms with van der Waals surface area (Å²) in [7, 11) is 0. The molecule has 0 amide bonds. The summed E-state index contributed by atoms with van der Waals surface area (Å²) in [5, 5.41) is 0.0191. The maximum Gasteiger partial charge on any atom is 0.350 e. The molecule has 2 heterocycles. The number of anilines is 1. The monoisotopic (exact) mass is 213 g/mol. The standard InChI is InChI=1S/C8H11N3O2S/c1-5-13-4-7(14-5)11-3-2-6(9)10-8(11)12/h2-3,5,7H,4H2,1H3,(H2,9,10,12)/t5-,7-/m0/s1. The highest BCUT2D eigenvalue weighted by Gasteiger charge is 2.24. The van der Waals surface area contributed by atoms with Gasteiger partial charge in [0, 0.05) is 6.20 Å². The van der Waals surface area contributed by atoms with Crippen molar-refractivity contribution < 1.29 is 4.74 Å². The zero-order chi connectivity index (χ0) is 10.1. The number of hydrogen-bond acceptors (Lipinski definition) is 5. The van der Waals surface area contributed by atoms with Crippen LogP contribution < -0.4 is 11.4 Å². The zero-order valence-electron chi connectivity index (χ0n) is 7.71. The summed E-state index contributed by atoms with van der Waals surface area (Å²) in [6, 6.07) is 1.62. The van der Waals surface area contributed by atoms with Gasteiger partial charge in [0.1, 0.15) is 16.6 Å². The van der Waals surface area contributed by atoms with Crippen molar-refractivity contribution in [2.45, 2.75) is 17.7 Å². The van der Waals surface area contributed by atoms with Crippen LogP contribution in [0.3, 0.4) is 0 Å². The van der Waals surface area contributed by atoms with Crippen LogP contribution >= 0.6 is 11.8 Å². The van der Waals surface area contributed by atoms with Crippen molar-refractivity contribution in [1.82, 2.24) is 9.55 Å². The molecule has 5 nitrogen and oxygen atoms in total. The molecule has 14 heavy (non-hydrogen) atoms. The zero-order valence-corrected chi connectivity index (χ0v) is 8.53. The van der Waals surface area contributed by atoms with E-state index in [9.17, 15) is 4.79 Å². The quantitative estimate of drug-likeness (QED) is 0.732. The van der Waals surface area contributed by atoms with Gasteiger partial charge in [0.2, 0.25) is 0 Å². The molecule has 76 valence electrons. The Bertz CT molecular complexity index is 392. The Morgan fingerprint density at radius 2 is 2.57 bits per heavy atom. The van der Waals surface area contributed by atoms with E-state index >= 15 is 0 Å². The minimum atomic E-state index is -0.319. The van der Waals surface area contributed by atoms with Gasteiger partial charge in [-0.05, 0) is 13.0 Å². The van der Waals surface area contributed by atoms with Crippen LogP contribution in [0.1, 0.15) is 12.3 Å². The molecule has 1 saturated heterocycles. The fraction of sp³-hybridized carbons (Fsp3) is 0.500. The molecular weight excluding hydrogens is 202 g/mol. The second-order valence-electron chi connectivity index (χ2n) is 3.03. The molecule has 1 aromatic heterocycles. The van der Waals surface area contributed by atoms with Gasteiger partial charge in [0.05, 0.1) is 6.61 Å². The van der Waals surface area contributed by atoms with Gasteiger partial charge < -0.3 is 10.5 Å². The Hall–Kier alpha value is -1.01. The van der Waals surface area contributed by atoms with Gasteiger partial charge in [-0.3, -0.25) is 4.57 Å². The van der Waals surface area contributed by atoms with E-state index in [2.05, 4.69) is 4.98 Å². The van der Waals surface area contributed by atoms with Crippen LogP contribution in [0, 0.1) is 0 Å². The van der Waals surface area contributed by atoms with E-state index in [1.807, 2.05) is 6.92 Å². The van der Waals surface area contributed by atoms with Gasteiger partial charge in [0.15, 0.2) is 0 Å². The largest absolute Gasteiger partial charge is 0.383 e. The summed E-state index contributed by atoms with van der Waals surface area (Å²) in [5.74, 6) is 0.253. The first-order valence-corrected chi connectivity index (χ1v) is 5.23. The van der Waals surface area contributed by atoms with E-state index in [0.717, 1.165) is 0 Å². The highest BCUT2D eigenvalue weighted by Crippen LogP contribution is 2.33. The lowest BCUT2D eigenvalue weighted by molar-refractivity contribution is 0.136. The first kappa shape index (κ1) is 9.54. The van der Waals surface area contributed by atoms with E-state index in [4.69, 9.17) is 10.5 Å². The van der Waals surface area contributed by atoms with E-state index in [0.29, 0.717) is 6.61 Å². The minimum absolute atomic E-state index is 0.0191. The maximum absolute atomic E-state index is 11.4. The van der Waals surface area contributed by atoms with Crippen molar-refractivity contribution in [3.63, 3.8) is 0 Å². The van der Waals surface area contributed by atoms with Crippen molar-refractivity contribution in [1.29, 1.82) is 0 Å². The summed E-state index contributed by atoms with van der Waals surface area (Å²) in [4.78, 5) is 15.1. The first-order valence-electron chi connectivity index (χ1n) is 4.28. The topological polar surface area (TPSA) is 70.1 Å². The van der Waals surface area contributed by atoms with Crippen LogP contribution in [-0.2, 0) is 4.74 Å². The fourth-order valence-electron chi connectivity index (χ4n) is 1.31. The number of nitrogens with zero attached hydrogens (tertiary/aromatic N) is 2. The van der Waals surface area contributed by atoms with E-state index in [1.165, 1.54) is 0 Å². The molecule has 0 bridgehead atoms. The maximum atomic E-state index is 11.4. The molecule has 0 unspecified atom stereocenters. The summed E-state index contributed by atoms with van der Waals surface area (Å²) < 4.78 is 6.90. The van der Waals surface area contributed by atoms with Crippen LogP contribution in [-0.4, -0.2) is 21.6 Å². The second kappa shape index (κ2) is 3.62. The van der Waals surface area contributed by atoms with Crippen molar-refractivity contribution in [2.75, 3.05) is 12.3 Å². The smallest absolute Gasteiger partial charge is 0.350 e. The molecule has 2 atom stereocenters. The predicted molar refractivity (Wildman–Crippen MR) is 55.0 cm³/mol. The highest BCUT2D eigenvalue weighted by atomic mass is 32.2. The average molecular weight is 213 g/mol. The van der Waals surface area contributed by atoms with Crippen molar-refractivity contribution >= 4 is 17.6 Å². The van der Waals surface area contributed by atoms with Crippen molar-refractivity contribution in [3.05, 3.63) is 22.7 Å². The normalized spacial score (nSPS) is 26.6. The highest BCUT2D eigenvalue weighted by molar-refractivity contribution is 8.00. The lowest BCUT2D eigenvalue weighted by Crippen LogP contribution is -2.26. The summed E-state index contributed by atoms with van der Waals surface area (Å²) in [6.45, 7) is 2.50. The summed E-state index contributed by atoms with van der Waals surface area (Å²) in [5.41, 5.74) is 5.20. The molecule has 0 aromatic carbocycles. The molecular formula is C8H11N3O2S. The Morgan fingerprint density at radius 1 is 1.79 bits per heavy atom. The van der Waals surface area contributed by atoms with Gasteiger partial charge in [-0.15, -0.1) is 11.8 Å². The average Bonchev–Trinajstić information content (AvgIpc) is 2.51. The fourth-order valence-corrected chi connectivity index (χ4v) is 2.36. The van der Waals surface area contributed by atoms with Gasteiger partial charge in [0.25, 0.3) is 0 Å². The van der Waals surface area contributed by atoms with Gasteiger partial charge in [-0.25, -0.2) is 4.79 Å². The number of ether oxygens (including phenoxy) is 1. The second-order valence-corrected chi connectivity index (χ2v) is 4.51. The van der Waals surface area contributed by atoms with E-state index in [1.54, 1.807) is 28.6 Å². The number of hydrogen-bond donors (Lipinski definition) is 1. The molecule has 0 saturated carbocycles. The molecule has 6 heteroatoms. The molecule has 1 aliphatic rings. The minimum Gasteiger partial charge on any atom is -0.383 e. The molecule has 1 aliphatic heterocycles. The van der Waals surface area contributed by atoms with Crippen LogP contribution in [0.25, 0.3) is 0 Å².